The molecule has 1 aliphatic heterocycles. The highest BCUT2D eigenvalue weighted by Crippen LogP contribution is 2.50. The van der Waals surface area contributed by atoms with Crippen LogP contribution in [-0.2, 0) is 15.8 Å². The molecule has 2 saturated carbocycles. The third kappa shape index (κ3) is 4.58. The van der Waals surface area contributed by atoms with E-state index in [0.29, 0.717) is 45.4 Å². The fourth-order valence-corrected chi connectivity index (χ4v) is 5.87. The van der Waals surface area contributed by atoms with Gasteiger partial charge in [0.25, 0.3) is 5.91 Å². The number of nitrogens with two attached hydrogens (primary N) is 1. The summed E-state index contributed by atoms with van der Waals surface area (Å²) in [4.78, 5) is 35.6. The topological polar surface area (TPSA) is 141 Å². The molecule has 11 heteroatoms. The molecule has 1 aromatic carbocycles. The molecule has 3 aromatic heterocycles. The number of imidazole rings is 1. The number of benzene rings is 1. The number of nitrogens with zero attached hydrogens (tertiary/aromatic N) is 3. The number of pyridine rings is 2. The molecule has 0 spiro atoms. The van der Waals surface area contributed by atoms with Crippen LogP contribution in [0.5, 0.6) is 11.5 Å². The van der Waals surface area contributed by atoms with Crippen LogP contribution in [0.4, 0.5) is 4.39 Å². The fourth-order valence-electron chi connectivity index (χ4n) is 5.87. The van der Waals surface area contributed by atoms with Crippen molar-refractivity contribution in [3.8, 4) is 22.8 Å². The number of fused-ring (bicyclic) bond motifs is 2. The average Bonchev–Trinajstić information content (AvgIpc) is 3.95. The first kappa shape index (κ1) is 27.3. The normalized spacial score (nSPS) is 20.7. The molecule has 4 N–H and O–H groups in total. The average molecular weight is 586 g/mol. The van der Waals surface area contributed by atoms with Gasteiger partial charge in [-0.05, 0) is 74.9 Å². The largest absolute Gasteiger partial charge is 0.493 e. The number of carbonyl (C=O) groups excluding carboxylic acids is 2. The number of primary amides is 1. The molecule has 10 nitrogen and oxygen atoms in total. The van der Waals surface area contributed by atoms with Crippen molar-refractivity contribution >= 4 is 17.5 Å². The molecule has 2 amide bonds. The third-order valence-electron chi connectivity index (χ3n) is 8.96. The quantitative estimate of drug-likeness (QED) is 0.273. The van der Waals surface area contributed by atoms with Crippen molar-refractivity contribution in [3.63, 3.8) is 0 Å². The number of hydrogen-bond donors (Lipinski definition) is 3. The van der Waals surface area contributed by atoms with E-state index in [0.717, 1.165) is 31.4 Å². The van der Waals surface area contributed by atoms with Crippen LogP contribution in [0.3, 0.4) is 0 Å². The number of carbonyl (C=O) groups is 2. The highest BCUT2D eigenvalue weighted by molar-refractivity contribution is 5.95. The maximum Gasteiger partial charge on any atom is 0.253 e. The van der Waals surface area contributed by atoms with Crippen LogP contribution in [-0.4, -0.2) is 51.6 Å². The zero-order chi connectivity index (χ0) is 30.1. The highest BCUT2D eigenvalue weighted by atomic mass is 19.1. The Morgan fingerprint density at radius 3 is 2.58 bits per heavy atom. The number of amides is 2. The van der Waals surface area contributed by atoms with E-state index in [4.69, 9.17) is 20.2 Å². The Labute approximate surface area is 247 Å². The van der Waals surface area contributed by atoms with Crippen LogP contribution in [0, 0.1) is 11.7 Å². The van der Waals surface area contributed by atoms with Gasteiger partial charge in [0.1, 0.15) is 34.9 Å². The standard InChI is InChI=1S/C32H32FN5O5/c1-31(30(34)40)16-43-27-22(31)12-25(37-26(27)18-5-9-21(33)10-6-18)32(41,20-7-8-20)15-35-29(39)19-11-24(42-2)28-36-23(17-3-4-17)14-38(28)13-19/h5-6,9-14,17,20,41H,3-4,7-8,15-16H2,1-2H3,(H2,34,40)(H,35,39)/t31-,32+/m0/s1. The number of methoxy groups -OCH3 is 1. The van der Waals surface area contributed by atoms with Crippen molar-refractivity contribution in [1.29, 1.82) is 0 Å². The summed E-state index contributed by atoms with van der Waals surface area (Å²) in [7, 11) is 1.54. The Morgan fingerprint density at radius 1 is 1.19 bits per heavy atom. The number of aromatic nitrogens is 3. The van der Waals surface area contributed by atoms with E-state index in [2.05, 4.69) is 10.3 Å². The van der Waals surface area contributed by atoms with Crippen LogP contribution in [0.15, 0.2) is 48.8 Å². The second-order valence-electron chi connectivity index (χ2n) is 12.1. The number of nitrogens with one attached hydrogen (secondary N) is 1. The zero-order valence-electron chi connectivity index (χ0n) is 23.9. The molecule has 2 aliphatic carbocycles. The Morgan fingerprint density at radius 2 is 1.93 bits per heavy atom. The van der Waals surface area contributed by atoms with E-state index in [1.54, 1.807) is 41.8 Å². The molecular formula is C32H32FN5O5. The van der Waals surface area contributed by atoms with E-state index in [1.165, 1.54) is 19.2 Å². The van der Waals surface area contributed by atoms with Gasteiger partial charge in [-0.15, -0.1) is 0 Å². The first-order valence-electron chi connectivity index (χ1n) is 14.4. The van der Waals surface area contributed by atoms with E-state index in [1.807, 2.05) is 6.20 Å². The Hall–Kier alpha value is -4.51. The van der Waals surface area contributed by atoms with Crippen molar-refractivity contribution in [1.82, 2.24) is 19.7 Å². The molecule has 0 saturated heterocycles. The molecule has 2 fully saturated rings. The minimum atomic E-state index is -1.55. The minimum absolute atomic E-state index is 0.0105. The van der Waals surface area contributed by atoms with Crippen LogP contribution in [0.25, 0.3) is 16.9 Å². The second-order valence-corrected chi connectivity index (χ2v) is 12.1. The number of ether oxygens (including phenoxy) is 2. The summed E-state index contributed by atoms with van der Waals surface area (Å²) in [6.45, 7) is 1.57. The van der Waals surface area contributed by atoms with Gasteiger partial charge in [0.15, 0.2) is 11.4 Å². The molecule has 4 heterocycles. The van der Waals surface area contributed by atoms with Gasteiger partial charge in [-0.1, -0.05) is 0 Å². The lowest BCUT2D eigenvalue weighted by atomic mass is 9.81. The third-order valence-corrected chi connectivity index (χ3v) is 8.96. The summed E-state index contributed by atoms with van der Waals surface area (Å²) in [5.41, 5.74) is 6.77. The van der Waals surface area contributed by atoms with Gasteiger partial charge >= 0.3 is 0 Å². The summed E-state index contributed by atoms with van der Waals surface area (Å²) >= 11 is 0. The van der Waals surface area contributed by atoms with E-state index in [-0.39, 0.29) is 24.8 Å². The van der Waals surface area contributed by atoms with Gasteiger partial charge in [0.05, 0.1) is 30.6 Å². The van der Waals surface area contributed by atoms with Gasteiger partial charge in [-0.2, -0.15) is 0 Å². The van der Waals surface area contributed by atoms with Crippen LogP contribution in [0.1, 0.15) is 65.8 Å². The number of hydrogen-bond acceptors (Lipinski definition) is 7. The highest BCUT2D eigenvalue weighted by Gasteiger charge is 2.50. The summed E-state index contributed by atoms with van der Waals surface area (Å²) in [5, 5.41) is 15.1. The number of rotatable bonds is 9. The Kier molecular flexibility index (Phi) is 6.21. The van der Waals surface area contributed by atoms with Crippen molar-refractivity contribution in [3.05, 3.63) is 77.1 Å². The predicted octanol–water partition coefficient (Wildman–Crippen LogP) is 3.58. The molecule has 3 aliphatic rings. The molecule has 222 valence electrons. The maximum atomic E-state index is 13.8. The molecule has 0 bridgehead atoms. The second kappa shape index (κ2) is 9.77. The minimum Gasteiger partial charge on any atom is -0.493 e. The van der Waals surface area contributed by atoms with Crippen molar-refractivity contribution in [2.24, 2.45) is 11.7 Å². The molecule has 0 unspecified atom stereocenters. The predicted molar refractivity (Wildman–Crippen MR) is 154 cm³/mol. The van der Waals surface area contributed by atoms with Crippen molar-refractivity contribution in [2.45, 2.75) is 49.5 Å². The summed E-state index contributed by atoms with van der Waals surface area (Å²) in [6, 6.07) is 9.05. The Balaban J connectivity index is 1.25. The smallest absolute Gasteiger partial charge is 0.253 e. The van der Waals surface area contributed by atoms with Crippen LogP contribution >= 0.6 is 0 Å². The molecular weight excluding hydrogens is 553 g/mol. The summed E-state index contributed by atoms with van der Waals surface area (Å²) in [5.74, 6) is -0.273. The molecule has 43 heavy (non-hydrogen) atoms. The first-order chi connectivity index (χ1) is 20.6. The SMILES string of the molecule is COc1cc(C(=O)NC[C@](O)(c2cc3c(c(-c4ccc(F)cc4)n2)OC[C@]3(C)C(N)=O)C2CC2)cn2cc(C3CC3)nc12. The van der Waals surface area contributed by atoms with Crippen LogP contribution in [0.2, 0.25) is 0 Å². The molecule has 0 radical (unpaired) electrons. The van der Waals surface area contributed by atoms with Gasteiger partial charge in [-0.3, -0.25) is 9.59 Å². The van der Waals surface area contributed by atoms with Crippen molar-refractivity contribution in [2.75, 3.05) is 20.3 Å². The molecule has 7 rings (SSSR count). The van der Waals surface area contributed by atoms with Gasteiger partial charge in [0.2, 0.25) is 5.91 Å². The van der Waals surface area contributed by atoms with Crippen molar-refractivity contribution < 1.29 is 28.6 Å². The lowest BCUT2D eigenvalue weighted by molar-refractivity contribution is -0.123. The first-order valence-corrected chi connectivity index (χ1v) is 14.4. The summed E-state index contributed by atoms with van der Waals surface area (Å²) < 4.78 is 27.1. The number of aliphatic hydroxyl groups is 1. The zero-order valence-corrected chi connectivity index (χ0v) is 23.9. The lowest BCUT2D eigenvalue weighted by Crippen LogP contribution is -2.44. The molecule has 4 aromatic rings. The number of halogens is 1. The van der Waals surface area contributed by atoms with Gasteiger partial charge in [0, 0.05) is 29.4 Å². The van der Waals surface area contributed by atoms with Gasteiger partial charge in [-0.25, -0.2) is 14.4 Å². The monoisotopic (exact) mass is 585 g/mol. The van der Waals surface area contributed by atoms with E-state index < -0.39 is 28.6 Å². The van der Waals surface area contributed by atoms with E-state index in [9.17, 15) is 19.1 Å². The van der Waals surface area contributed by atoms with E-state index >= 15 is 0 Å². The molecule has 2 atom stereocenters. The maximum absolute atomic E-state index is 13.8. The summed E-state index contributed by atoms with van der Waals surface area (Å²) in [6.07, 6.45) is 7.31. The Bertz CT molecular complexity index is 1780. The van der Waals surface area contributed by atoms with Gasteiger partial charge < -0.3 is 30.0 Å². The fraction of sp³-hybridized carbons (Fsp3) is 0.375. The van der Waals surface area contributed by atoms with Crippen LogP contribution < -0.4 is 20.5 Å². The lowest BCUT2D eigenvalue weighted by Gasteiger charge is -2.30.